The smallest absolute Gasteiger partial charge is 0.335 e. The first-order valence-corrected chi connectivity index (χ1v) is 6.47. The van der Waals surface area contributed by atoms with Crippen LogP contribution in [0, 0.1) is 0 Å². The van der Waals surface area contributed by atoms with Crippen LogP contribution in [-0.4, -0.2) is 32.4 Å². The van der Waals surface area contributed by atoms with Gasteiger partial charge in [0.2, 0.25) is 0 Å². The third-order valence-electron chi connectivity index (χ3n) is 2.69. The number of carboxylic acid groups (broad SMARTS) is 1. The van der Waals surface area contributed by atoms with Crippen molar-refractivity contribution in [3.63, 3.8) is 0 Å². The quantitative estimate of drug-likeness (QED) is 0.878. The summed E-state index contributed by atoms with van der Waals surface area (Å²) in [7, 11) is 1.90. The van der Waals surface area contributed by atoms with E-state index in [2.05, 4.69) is 31.4 Å². The highest BCUT2D eigenvalue weighted by Crippen LogP contribution is 2.23. The van der Waals surface area contributed by atoms with Crippen LogP contribution in [0.2, 0.25) is 0 Å². The van der Waals surface area contributed by atoms with Gasteiger partial charge in [-0.2, -0.15) is 0 Å². The van der Waals surface area contributed by atoms with Crippen molar-refractivity contribution in [1.29, 1.82) is 0 Å². The van der Waals surface area contributed by atoms with Crippen molar-refractivity contribution in [2.75, 3.05) is 11.9 Å². The number of nitrogens with one attached hydrogen (secondary N) is 1. The molecule has 0 spiro atoms. The fourth-order valence-electron chi connectivity index (χ4n) is 1.63. The van der Waals surface area contributed by atoms with Crippen molar-refractivity contribution >= 4 is 27.6 Å². The van der Waals surface area contributed by atoms with Crippen LogP contribution < -0.4 is 5.32 Å². The predicted molar refractivity (Wildman–Crippen MR) is 74.3 cm³/mol. The molecule has 2 N–H and O–H groups in total. The van der Waals surface area contributed by atoms with Gasteiger partial charge in [-0.05, 0) is 34.1 Å². The summed E-state index contributed by atoms with van der Waals surface area (Å²) in [5, 5.41) is 19.9. The summed E-state index contributed by atoms with van der Waals surface area (Å²) in [5.41, 5.74) is 1.11. The Balaban J connectivity index is 1.96. The first-order valence-electron chi connectivity index (χ1n) is 5.67. The molecule has 0 bridgehead atoms. The third kappa shape index (κ3) is 3.31. The predicted octanol–water partition coefficient (Wildman–Crippen LogP) is 1.93. The molecule has 0 unspecified atom stereocenters. The van der Waals surface area contributed by atoms with Gasteiger partial charge >= 0.3 is 5.97 Å². The molecular weight excluding hydrogens is 312 g/mol. The standard InChI is InChI=1S/C12H13BrN4O2/c1-17-7-15-16-11(17)4-5-14-10-3-2-8(12(18)19)6-9(10)13/h2-3,6-7,14H,4-5H2,1H3,(H,18,19). The maximum atomic E-state index is 10.8. The lowest BCUT2D eigenvalue weighted by Crippen LogP contribution is -2.09. The van der Waals surface area contributed by atoms with E-state index >= 15 is 0 Å². The Labute approximate surface area is 118 Å². The maximum Gasteiger partial charge on any atom is 0.335 e. The topological polar surface area (TPSA) is 80.0 Å². The van der Waals surface area contributed by atoms with Gasteiger partial charge in [0.1, 0.15) is 12.2 Å². The van der Waals surface area contributed by atoms with Crippen LogP contribution >= 0.6 is 15.9 Å². The number of halogens is 1. The number of anilines is 1. The van der Waals surface area contributed by atoms with Gasteiger partial charge in [0.15, 0.2) is 0 Å². The van der Waals surface area contributed by atoms with Gasteiger partial charge < -0.3 is 15.0 Å². The Bertz CT molecular complexity index is 597. The molecular formula is C12H13BrN4O2. The fourth-order valence-corrected chi connectivity index (χ4v) is 2.15. The summed E-state index contributed by atoms with van der Waals surface area (Å²) in [4.78, 5) is 10.8. The number of nitrogens with zero attached hydrogens (tertiary/aromatic N) is 3. The summed E-state index contributed by atoms with van der Waals surface area (Å²) in [5.74, 6) is -0.0443. The highest BCUT2D eigenvalue weighted by Gasteiger charge is 2.07. The Morgan fingerprint density at radius 2 is 2.32 bits per heavy atom. The van der Waals surface area contributed by atoms with E-state index in [0.717, 1.165) is 22.4 Å². The van der Waals surface area contributed by atoms with E-state index in [0.29, 0.717) is 6.54 Å². The fraction of sp³-hybridized carbons (Fsp3) is 0.250. The van der Waals surface area contributed by atoms with E-state index in [4.69, 9.17) is 5.11 Å². The Morgan fingerprint density at radius 1 is 1.53 bits per heavy atom. The molecule has 0 aliphatic heterocycles. The van der Waals surface area contributed by atoms with Gasteiger partial charge in [-0.25, -0.2) is 4.79 Å². The summed E-state index contributed by atoms with van der Waals surface area (Å²) in [6, 6.07) is 4.88. The first kappa shape index (κ1) is 13.5. The first-order chi connectivity index (χ1) is 9.08. The minimum atomic E-state index is -0.939. The van der Waals surface area contributed by atoms with Crippen LogP contribution in [0.3, 0.4) is 0 Å². The lowest BCUT2D eigenvalue weighted by atomic mass is 10.2. The van der Waals surface area contributed by atoms with Crippen LogP contribution in [0.5, 0.6) is 0 Å². The van der Waals surface area contributed by atoms with Gasteiger partial charge in [0, 0.05) is 30.2 Å². The second-order valence-corrected chi connectivity index (χ2v) is 4.89. The molecule has 2 aromatic rings. The van der Waals surface area contributed by atoms with Crippen molar-refractivity contribution in [2.45, 2.75) is 6.42 Å². The lowest BCUT2D eigenvalue weighted by Gasteiger charge is -2.08. The molecule has 6 nitrogen and oxygen atoms in total. The zero-order valence-electron chi connectivity index (χ0n) is 10.3. The minimum absolute atomic E-state index is 0.255. The lowest BCUT2D eigenvalue weighted by molar-refractivity contribution is 0.0697. The van der Waals surface area contributed by atoms with Gasteiger partial charge in [-0.1, -0.05) is 0 Å². The van der Waals surface area contributed by atoms with E-state index in [1.54, 1.807) is 24.5 Å². The molecule has 0 aliphatic rings. The molecule has 1 aromatic carbocycles. The summed E-state index contributed by atoms with van der Waals surface area (Å²) in [6.07, 6.45) is 2.40. The summed E-state index contributed by atoms with van der Waals surface area (Å²) < 4.78 is 2.59. The van der Waals surface area contributed by atoms with E-state index in [1.807, 2.05) is 11.6 Å². The number of rotatable bonds is 5. The number of benzene rings is 1. The number of hydrogen-bond donors (Lipinski definition) is 2. The average Bonchev–Trinajstić information content (AvgIpc) is 2.77. The van der Waals surface area contributed by atoms with Crippen molar-refractivity contribution in [1.82, 2.24) is 14.8 Å². The molecule has 0 saturated carbocycles. The normalized spacial score (nSPS) is 10.4. The molecule has 1 aromatic heterocycles. The van der Waals surface area contributed by atoms with Crippen molar-refractivity contribution in [3.8, 4) is 0 Å². The van der Waals surface area contributed by atoms with Crippen molar-refractivity contribution < 1.29 is 9.90 Å². The second-order valence-electron chi connectivity index (χ2n) is 4.03. The largest absolute Gasteiger partial charge is 0.478 e. The highest BCUT2D eigenvalue weighted by atomic mass is 79.9. The molecule has 19 heavy (non-hydrogen) atoms. The second kappa shape index (κ2) is 5.83. The third-order valence-corrected chi connectivity index (χ3v) is 3.34. The average molecular weight is 325 g/mol. The SMILES string of the molecule is Cn1cnnc1CCNc1ccc(C(=O)O)cc1Br. The number of aromatic nitrogens is 3. The van der Waals surface area contributed by atoms with E-state index in [-0.39, 0.29) is 5.56 Å². The molecule has 7 heteroatoms. The van der Waals surface area contributed by atoms with Crippen LogP contribution in [-0.2, 0) is 13.5 Å². The molecule has 0 aliphatic carbocycles. The van der Waals surface area contributed by atoms with Crippen LogP contribution in [0.1, 0.15) is 16.2 Å². The zero-order valence-corrected chi connectivity index (χ0v) is 11.9. The monoisotopic (exact) mass is 324 g/mol. The minimum Gasteiger partial charge on any atom is -0.478 e. The number of carboxylic acids is 1. The number of hydrogen-bond acceptors (Lipinski definition) is 4. The maximum absolute atomic E-state index is 10.8. The molecule has 0 fully saturated rings. The van der Waals surface area contributed by atoms with Crippen LogP contribution in [0.25, 0.3) is 0 Å². The van der Waals surface area contributed by atoms with Crippen LogP contribution in [0.4, 0.5) is 5.69 Å². The molecule has 1 heterocycles. The molecule has 0 radical (unpaired) electrons. The highest BCUT2D eigenvalue weighted by molar-refractivity contribution is 9.10. The van der Waals surface area contributed by atoms with Crippen molar-refractivity contribution in [3.05, 3.63) is 40.4 Å². The molecule has 0 amide bonds. The Morgan fingerprint density at radius 3 is 2.89 bits per heavy atom. The van der Waals surface area contributed by atoms with Gasteiger partial charge in [0.25, 0.3) is 0 Å². The van der Waals surface area contributed by atoms with Gasteiger partial charge in [-0.3, -0.25) is 0 Å². The molecule has 2 rings (SSSR count). The molecule has 0 saturated heterocycles. The van der Waals surface area contributed by atoms with E-state index in [9.17, 15) is 4.79 Å². The van der Waals surface area contributed by atoms with Crippen molar-refractivity contribution in [2.24, 2.45) is 7.05 Å². The summed E-state index contributed by atoms with van der Waals surface area (Å²) in [6.45, 7) is 0.692. The molecule has 100 valence electrons. The Kier molecular flexibility index (Phi) is 4.16. The van der Waals surface area contributed by atoms with Gasteiger partial charge in [0.05, 0.1) is 5.56 Å². The number of aromatic carboxylic acids is 1. The Hall–Kier alpha value is -1.89. The summed E-state index contributed by atoms with van der Waals surface area (Å²) >= 11 is 3.35. The van der Waals surface area contributed by atoms with E-state index in [1.165, 1.54) is 0 Å². The molecule has 0 atom stereocenters. The van der Waals surface area contributed by atoms with E-state index < -0.39 is 5.97 Å². The number of aryl methyl sites for hydroxylation is 1. The zero-order chi connectivity index (χ0) is 13.8. The van der Waals surface area contributed by atoms with Crippen LogP contribution in [0.15, 0.2) is 29.0 Å². The number of carbonyl (C=O) groups is 1. The van der Waals surface area contributed by atoms with Gasteiger partial charge in [-0.15, -0.1) is 10.2 Å².